The molecule has 0 N–H and O–H groups in total. The highest BCUT2D eigenvalue weighted by Crippen LogP contribution is 2.18. The summed E-state index contributed by atoms with van der Waals surface area (Å²) in [5.74, 6) is -0.627. The number of ether oxygens (including phenoxy) is 1. The van der Waals surface area contributed by atoms with Crippen molar-refractivity contribution in [2.45, 2.75) is 19.7 Å². The zero-order valence-electron chi connectivity index (χ0n) is 10.8. The summed E-state index contributed by atoms with van der Waals surface area (Å²) in [6.45, 7) is 0.596. The standard InChI is InChI=1S/C13H16F3NO2/c1-3-17(9-13(14,15)16)12(18)11-6-4-5-10(7-11)8-19-2/h4-7H,3,8-9H2,1-2H3. The summed E-state index contributed by atoms with van der Waals surface area (Å²) < 4.78 is 42.0. The summed E-state index contributed by atoms with van der Waals surface area (Å²) in [7, 11) is 1.51. The first-order chi connectivity index (χ1) is 8.87. The number of nitrogens with zero attached hydrogens (tertiary/aromatic N) is 1. The molecule has 1 amide bonds. The quantitative estimate of drug-likeness (QED) is 0.827. The first-order valence-corrected chi connectivity index (χ1v) is 5.81. The monoisotopic (exact) mass is 275 g/mol. The third kappa shape index (κ3) is 4.90. The van der Waals surface area contributed by atoms with Crippen molar-refractivity contribution in [2.24, 2.45) is 0 Å². The minimum absolute atomic E-state index is 0.00679. The van der Waals surface area contributed by atoms with Crippen LogP contribution in [0.2, 0.25) is 0 Å². The van der Waals surface area contributed by atoms with E-state index in [9.17, 15) is 18.0 Å². The summed E-state index contributed by atoms with van der Waals surface area (Å²) >= 11 is 0. The molecule has 0 radical (unpaired) electrons. The topological polar surface area (TPSA) is 29.5 Å². The number of benzene rings is 1. The van der Waals surface area contributed by atoms with Gasteiger partial charge in [0.25, 0.3) is 5.91 Å². The van der Waals surface area contributed by atoms with Crippen molar-refractivity contribution in [1.29, 1.82) is 0 Å². The van der Waals surface area contributed by atoms with Crippen LogP contribution in [0.15, 0.2) is 24.3 Å². The van der Waals surface area contributed by atoms with Gasteiger partial charge >= 0.3 is 6.18 Å². The molecule has 19 heavy (non-hydrogen) atoms. The Morgan fingerprint density at radius 1 is 1.37 bits per heavy atom. The fourth-order valence-electron chi connectivity index (χ4n) is 1.69. The maximum Gasteiger partial charge on any atom is 0.406 e. The van der Waals surface area contributed by atoms with Crippen LogP contribution < -0.4 is 0 Å². The minimum Gasteiger partial charge on any atom is -0.380 e. The van der Waals surface area contributed by atoms with Crippen molar-refractivity contribution >= 4 is 5.91 Å². The summed E-state index contributed by atoms with van der Waals surface area (Å²) in [5.41, 5.74) is 0.983. The molecule has 106 valence electrons. The van der Waals surface area contributed by atoms with Crippen LogP contribution in [-0.2, 0) is 11.3 Å². The molecule has 0 bridgehead atoms. The van der Waals surface area contributed by atoms with Crippen molar-refractivity contribution in [3.63, 3.8) is 0 Å². The molecule has 0 fully saturated rings. The van der Waals surface area contributed by atoms with Gasteiger partial charge in [-0.05, 0) is 24.6 Å². The molecule has 0 aliphatic carbocycles. The Labute approximate surface area is 110 Å². The second-order valence-corrected chi connectivity index (χ2v) is 4.07. The Balaban J connectivity index is 2.88. The number of alkyl halides is 3. The lowest BCUT2D eigenvalue weighted by Crippen LogP contribution is -2.38. The maximum atomic E-state index is 12.4. The highest BCUT2D eigenvalue weighted by atomic mass is 19.4. The normalized spacial score (nSPS) is 11.4. The van der Waals surface area contributed by atoms with E-state index in [0.29, 0.717) is 6.61 Å². The molecule has 0 atom stereocenters. The molecule has 6 heteroatoms. The van der Waals surface area contributed by atoms with Crippen LogP contribution in [0.4, 0.5) is 13.2 Å². The molecule has 0 aliphatic heterocycles. The van der Waals surface area contributed by atoms with Gasteiger partial charge < -0.3 is 9.64 Å². The molecule has 0 aliphatic rings. The molecule has 0 unspecified atom stereocenters. The van der Waals surface area contributed by atoms with Gasteiger partial charge in [0.1, 0.15) is 6.54 Å². The van der Waals surface area contributed by atoms with Crippen molar-refractivity contribution in [1.82, 2.24) is 4.90 Å². The van der Waals surface area contributed by atoms with Crippen LogP contribution >= 0.6 is 0 Å². The molecule has 0 aromatic heterocycles. The van der Waals surface area contributed by atoms with Gasteiger partial charge in [0.2, 0.25) is 0 Å². The zero-order chi connectivity index (χ0) is 14.5. The van der Waals surface area contributed by atoms with Gasteiger partial charge in [-0.2, -0.15) is 13.2 Å². The molecule has 0 saturated heterocycles. The summed E-state index contributed by atoms with van der Waals surface area (Å²) in [5, 5.41) is 0. The average Bonchev–Trinajstić information content (AvgIpc) is 2.35. The van der Waals surface area contributed by atoms with Gasteiger partial charge in [-0.3, -0.25) is 4.79 Å². The third-order valence-electron chi connectivity index (χ3n) is 2.52. The maximum absolute atomic E-state index is 12.4. The lowest BCUT2D eigenvalue weighted by atomic mass is 10.1. The molecule has 0 heterocycles. The number of methoxy groups -OCH3 is 1. The first kappa shape index (κ1) is 15.5. The Morgan fingerprint density at radius 3 is 2.58 bits per heavy atom. The van der Waals surface area contributed by atoms with E-state index in [-0.39, 0.29) is 12.1 Å². The summed E-state index contributed by atoms with van der Waals surface area (Å²) in [4.78, 5) is 12.8. The highest BCUT2D eigenvalue weighted by molar-refractivity contribution is 5.94. The van der Waals surface area contributed by atoms with Crippen LogP contribution in [0.1, 0.15) is 22.8 Å². The van der Waals surface area contributed by atoms with Crippen LogP contribution in [-0.4, -0.2) is 37.2 Å². The number of rotatable bonds is 5. The molecular weight excluding hydrogens is 259 g/mol. The van der Waals surface area contributed by atoms with E-state index in [2.05, 4.69) is 0 Å². The fourth-order valence-corrected chi connectivity index (χ4v) is 1.69. The molecular formula is C13H16F3NO2. The van der Waals surface area contributed by atoms with E-state index >= 15 is 0 Å². The van der Waals surface area contributed by atoms with Crippen molar-refractivity contribution in [3.8, 4) is 0 Å². The van der Waals surface area contributed by atoms with E-state index in [1.165, 1.54) is 20.1 Å². The number of carbonyl (C=O) groups excluding carboxylic acids is 1. The molecule has 1 aromatic carbocycles. The molecule has 1 aromatic rings. The summed E-state index contributed by atoms with van der Waals surface area (Å²) in [6.07, 6.45) is -4.39. The lowest BCUT2D eigenvalue weighted by molar-refractivity contribution is -0.140. The Kier molecular flexibility index (Phi) is 5.35. The second kappa shape index (κ2) is 6.56. The molecule has 1 rings (SSSR count). The third-order valence-corrected chi connectivity index (χ3v) is 2.52. The van der Waals surface area contributed by atoms with Crippen LogP contribution in [0, 0.1) is 0 Å². The Bertz CT molecular complexity index is 432. The number of halogens is 3. The van der Waals surface area contributed by atoms with Crippen molar-refractivity contribution < 1.29 is 22.7 Å². The number of carbonyl (C=O) groups is 1. The van der Waals surface area contributed by atoms with Crippen LogP contribution in [0.25, 0.3) is 0 Å². The van der Waals surface area contributed by atoms with E-state index < -0.39 is 18.6 Å². The zero-order valence-corrected chi connectivity index (χ0v) is 10.8. The number of hydrogen-bond donors (Lipinski definition) is 0. The number of hydrogen-bond acceptors (Lipinski definition) is 2. The van der Waals surface area contributed by atoms with E-state index in [1.807, 2.05) is 0 Å². The molecule has 0 saturated carbocycles. The predicted octanol–water partition coefficient (Wildman–Crippen LogP) is 2.86. The first-order valence-electron chi connectivity index (χ1n) is 5.81. The van der Waals surface area contributed by atoms with Crippen LogP contribution in [0.5, 0.6) is 0 Å². The lowest BCUT2D eigenvalue weighted by Gasteiger charge is -2.22. The minimum atomic E-state index is -4.39. The van der Waals surface area contributed by atoms with Gasteiger partial charge in [-0.1, -0.05) is 12.1 Å². The van der Waals surface area contributed by atoms with Gasteiger partial charge in [0.05, 0.1) is 6.61 Å². The van der Waals surface area contributed by atoms with E-state index in [4.69, 9.17) is 4.74 Å². The largest absolute Gasteiger partial charge is 0.406 e. The van der Waals surface area contributed by atoms with Crippen molar-refractivity contribution in [2.75, 3.05) is 20.2 Å². The Hall–Kier alpha value is -1.56. The van der Waals surface area contributed by atoms with Crippen LogP contribution in [0.3, 0.4) is 0 Å². The van der Waals surface area contributed by atoms with Gasteiger partial charge in [-0.25, -0.2) is 0 Å². The van der Waals surface area contributed by atoms with Gasteiger partial charge in [-0.15, -0.1) is 0 Å². The highest BCUT2D eigenvalue weighted by Gasteiger charge is 2.32. The average molecular weight is 275 g/mol. The smallest absolute Gasteiger partial charge is 0.380 e. The molecule has 0 spiro atoms. The number of amides is 1. The SMILES string of the molecule is CCN(CC(F)(F)F)C(=O)c1cccc(COC)c1. The van der Waals surface area contributed by atoms with Gasteiger partial charge in [0, 0.05) is 19.2 Å². The second-order valence-electron chi connectivity index (χ2n) is 4.07. The van der Waals surface area contributed by atoms with E-state index in [0.717, 1.165) is 10.5 Å². The van der Waals surface area contributed by atoms with Gasteiger partial charge in [0.15, 0.2) is 0 Å². The van der Waals surface area contributed by atoms with Crippen molar-refractivity contribution in [3.05, 3.63) is 35.4 Å². The predicted molar refractivity (Wildman–Crippen MR) is 64.8 cm³/mol. The summed E-state index contributed by atoms with van der Waals surface area (Å²) in [6, 6.07) is 6.43. The molecule has 3 nitrogen and oxygen atoms in total. The fraction of sp³-hybridized carbons (Fsp3) is 0.462. The Morgan fingerprint density at radius 2 is 2.05 bits per heavy atom. The van der Waals surface area contributed by atoms with E-state index in [1.54, 1.807) is 18.2 Å².